The molecule has 68 valence electrons. The Kier molecular flexibility index (Phi) is 11.3. The average molecular weight is 160 g/mol. The van der Waals surface area contributed by atoms with Crippen molar-refractivity contribution >= 4 is 5.97 Å². The first-order chi connectivity index (χ1) is 5.22. The van der Waals surface area contributed by atoms with Crippen molar-refractivity contribution in [3.63, 3.8) is 0 Å². The first-order valence-corrected chi connectivity index (χ1v) is 4.39. The molecule has 0 fully saturated rings. The van der Waals surface area contributed by atoms with Gasteiger partial charge in [-0.05, 0) is 13.3 Å². The topological polar surface area (TPSA) is 26.3 Å². The Morgan fingerprint density at radius 3 is 2.09 bits per heavy atom. The molecule has 0 heterocycles. The molecule has 0 bridgehead atoms. The van der Waals surface area contributed by atoms with Crippen LogP contribution in [0.25, 0.3) is 0 Å². The monoisotopic (exact) mass is 160 g/mol. The van der Waals surface area contributed by atoms with Crippen LogP contribution in [0, 0.1) is 5.92 Å². The van der Waals surface area contributed by atoms with Crippen molar-refractivity contribution in [1.82, 2.24) is 0 Å². The van der Waals surface area contributed by atoms with Crippen LogP contribution in [0.5, 0.6) is 0 Å². The molecule has 0 aliphatic rings. The molecule has 1 atom stereocenters. The number of carbonyl (C=O) groups is 1. The summed E-state index contributed by atoms with van der Waals surface area (Å²) >= 11 is 0. The Labute approximate surface area is 69.9 Å². The quantitative estimate of drug-likeness (QED) is 0.593. The predicted octanol–water partition coefficient (Wildman–Crippen LogP) is 2.62. The zero-order valence-electron chi connectivity index (χ0n) is 8.31. The first kappa shape index (κ1) is 13.1. The van der Waals surface area contributed by atoms with Crippen LogP contribution in [0.4, 0.5) is 0 Å². The SMILES string of the molecule is CC.CCOC(=O)C(C)CC. The lowest BCUT2D eigenvalue weighted by Crippen LogP contribution is -2.13. The maximum Gasteiger partial charge on any atom is 0.308 e. The average Bonchev–Trinajstić information content (AvgIpc) is 2.07. The van der Waals surface area contributed by atoms with Gasteiger partial charge in [-0.1, -0.05) is 27.7 Å². The van der Waals surface area contributed by atoms with Gasteiger partial charge in [0.05, 0.1) is 12.5 Å². The Morgan fingerprint density at radius 1 is 1.36 bits per heavy atom. The van der Waals surface area contributed by atoms with Gasteiger partial charge >= 0.3 is 5.97 Å². The molecule has 0 saturated carbocycles. The summed E-state index contributed by atoms with van der Waals surface area (Å²) in [6.45, 7) is 10.2. The van der Waals surface area contributed by atoms with Gasteiger partial charge in [0.25, 0.3) is 0 Å². The largest absolute Gasteiger partial charge is 0.466 e. The van der Waals surface area contributed by atoms with E-state index in [9.17, 15) is 4.79 Å². The third-order valence-electron chi connectivity index (χ3n) is 1.30. The molecule has 0 rings (SSSR count). The summed E-state index contributed by atoms with van der Waals surface area (Å²) in [5, 5.41) is 0. The van der Waals surface area contributed by atoms with E-state index in [2.05, 4.69) is 0 Å². The smallest absolute Gasteiger partial charge is 0.308 e. The third kappa shape index (κ3) is 7.37. The third-order valence-corrected chi connectivity index (χ3v) is 1.30. The molecule has 0 aromatic carbocycles. The van der Waals surface area contributed by atoms with Crippen LogP contribution in [0.3, 0.4) is 0 Å². The van der Waals surface area contributed by atoms with Gasteiger partial charge in [0, 0.05) is 0 Å². The number of hydrogen-bond acceptors (Lipinski definition) is 2. The van der Waals surface area contributed by atoms with E-state index in [1.165, 1.54) is 0 Å². The van der Waals surface area contributed by atoms with Gasteiger partial charge in [-0.2, -0.15) is 0 Å². The molecule has 0 amide bonds. The lowest BCUT2D eigenvalue weighted by atomic mass is 10.1. The molecule has 2 heteroatoms. The number of esters is 1. The Balaban J connectivity index is 0. The van der Waals surface area contributed by atoms with Crippen molar-refractivity contribution in [3.05, 3.63) is 0 Å². The van der Waals surface area contributed by atoms with Crippen LogP contribution in [0.1, 0.15) is 41.0 Å². The lowest BCUT2D eigenvalue weighted by Gasteiger charge is -2.05. The summed E-state index contributed by atoms with van der Waals surface area (Å²) < 4.78 is 4.76. The van der Waals surface area contributed by atoms with Crippen molar-refractivity contribution in [2.24, 2.45) is 5.92 Å². The van der Waals surface area contributed by atoms with Gasteiger partial charge in [0.15, 0.2) is 0 Å². The van der Waals surface area contributed by atoms with Crippen LogP contribution >= 0.6 is 0 Å². The lowest BCUT2D eigenvalue weighted by molar-refractivity contribution is -0.147. The van der Waals surface area contributed by atoms with E-state index in [0.29, 0.717) is 6.61 Å². The van der Waals surface area contributed by atoms with Crippen LogP contribution in [-0.2, 0) is 9.53 Å². The zero-order valence-corrected chi connectivity index (χ0v) is 8.31. The van der Waals surface area contributed by atoms with Crippen LogP contribution < -0.4 is 0 Å². The Bertz CT molecular complexity index is 89.6. The predicted molar refractivity (Wildman–Crippen MR) is 47.4 cm³/mol. The highest BCUT2D eigenvalue weighted by Gasteiger charge is 2.09. The summed E-state index contributed by atoms with van der Waals surface area (Å²) in [4.78, 5) is 10.8. The number of ether oxygens (including phenoxy) is 1. The fourth-order valence-electron chi connectivity index (χ4n) is 0.451. The minimum Gasteiger partial charge on any atom is -0.466 e. The number of rotatable bonds is 3. The Hall–Kier alpha value is -0.530. The molecule has 2 nitrogen and oxygen atoms in total. The molecule has 0 aromatic heterocycles. The van der Waals surface area contributed by atoms with Gasteiger partial charge in [-0.15, -0.1) is 0 Å². The van der Waals surface area contributed by atoms with Gasteiger partial charge in [-0.25, -0.2) is 0 Å². The van der Waals surface area contributed by atoms with E-state index < -0.39 is 0 Å². The summed E-state index contributed by atoms with van der Waals surface area (Å²) in [6, 6.07) is 0. The van der Waals surface area contributed by atoms with Crippen LogP contribution in [0.2, 0.25) is 0 Å². The maximum absolute atomic E-state index is 10.8. The van der Waals surface area contributed by atoms with Crippen molar-refractivity contribution in [1.29, 1.82) is 0 Å². The molecule has 0 spiro atoms. The van der Waals surface area contributed by atoms with E-state index in [1.54, 1.807) is 0 Å². The molecule has 0 N–H and O–H groups in total. The molecule has 0 radical (unpaired) electrons. The Morgan fingerprint density at radius 2 is 1.82 bits per heavy atom. The second-order valence-corrected chi connectivity index (χ2v) is 2.06. The van der Waals surface area contributed by atoms with Gasteiger partial charge in [0.1, 0.15) is 0 Å². The second kappa shape index (κ2) is 9.47. The van der Waals surface area contributed by atoms with E-state index in [0.717, 1.165) is 6.42 Å². The summed E-state index contributed by atoms with van der Waals surface area (Å²) in [5.41, 5.74) is 0. The molecule has 11 heavy (non-hydrogen) atoms. The van der Waals surface area contributed by atoms with Gasteiger partial charge in [0.2, 0.25) is 0 Å². The van der Waals surface area contributed by atoms with Gasteiger partial charge in [-0.3, -0.25) is 4.79 Å². The maximum atomic E-state index is 10.8. The standard InChI is InChI=1S/C7H14O2.C2H6/c1-4-6(3)7(8)9-5-2;1-2/h6H,4-5H2,1-3H3;1-2H3. The van der Waals surface area contributed by atoms with Crippen molar-refractivity contribution in [3.8, 4) is 0 Å². The number of carbonyl (C=O) groups excluding carboxylic acids is 1. The molecule has 0 aliphatic carbocycles. The molecule has 0 saturated heterocycles. The van der Waals surface area contributed by atoms with E-state index >= 15 is 0 Å². The van der Waals surface area contributed by atoms with E-state index in [1.807, 2.05) is 34.6 Å². The van der Waals surface area contributed by atoms with Crippen molar-refractivity contribution in [2.75, 3.05) is 6.61 Å². The van der Waals surface area contributed by atoms with E-state index in [4.69, 9.17) is 4.74 Å². The highest BCUT2D eigenvalue weighted by molar-refractivity contribution is 5.71. The minimum absolute atomic E-state index is 0.0601. The second-order valence-electron chi connectivity index (χ2n) is 2.06. The first-order valence-electron chi connectivity index (χ1n) is 4.39. The van der Waals surface area contributed by atoms with E-state index in [-0.39, 0.29) is 11.9 Å². The molecule has 1 unspecified atom stereocenters. The zero-order chi connectivity index (χ0) is 9.28. The normalized spacial score (nSPS) is 11.0. The summed E-state index contributed by atoms with van der Waals surface area (Å²) in [5.74, 6) is -0.0232. The van der Waals surface area contributed by atoms with Gasteiger partial charge < -0.3 is 4.74 Å². The van der Waals surface area contributed by atoms with Crippen molar-refractivity contribution in [2.45, 2.75) is 41.0 Å². The minimum atomic E-state index is -0.0833. The van der Waals surface area contributed by atoms with Crippen LogP contribution in [-0.4, -0.2) is 12.6 Å². The molecular weight excluding hydrogens is 140 g/mol. The summed E-state index contributed by atoms with van der Waals surface area (Å²) in [6.07, 6.45) is 0.860. The van der Waals surface area contributed by atoms with Crippen molar-refractivity contribution < 1.29 is 9.53 Å². The number of hydrogen-bond donors (Lipinski definition) is 0. The summed E-state index contributed by atoms with van der Waals surface area (Å²) in [7, 11) is 0. The fraction of sp³-hybridized carbons (Fsp3) is 0.889. The highest BCUT2D eigenvalue weighted by Crippen LogP contribution is 2.01. The fourth-order valence-corrected chi connectivity index (χ4v) is 0.451. The molecule has 0 aliphatic heterocycles. The molecular formula is C9H20O2. The molecule has 0 aromatic rings. The highest BCUT2D eigenvalue weighted by atomic mass is 16.5. The van der Waals surface area contributed by atoms with Crippen LogP contribution in [0.15, 0.2) is 0 Å².